The molecule has 1 amide bonds. The first-order valence-corrected chi connectivity index (χ1v) is 6.50. The number of carbonyl (C=O) groups excluding carboxylic acids is 1. The minimum Gasteiger partial charge on any atom is -0.478 e. The Balaban J connectivity index is 2.04. The highest BCUT2D eigenvalue weighted by Gasteiger charge is 2.30. The van der Waals surface area contributed by atoms with Crippen molar-refractivity contribution in [2.45, 2.75) is 19.4 Å². The third-order valence-corrected chi connectivity index (χ3v) is 3.29. The molecule has 5 nitrogen and oxygen atoms in total. The summed E-state index contributed by atoms with van der Waals surface area (Å²) in [7, 11) is 0. The number of amides is 1. The summed E-state index contributed by atoms with van der Waals surface area (Å²) in [5.74, 6) is -1.20. The van der Waals surface area contributed by atoms with E-state index in [-0.39, 0.29) is 17.9 Å². The van der Waals surface area contributed by atoms with Crippen LogP contribution in [0.1, 0.15) is 18.9 Å². The second-order valence-corrected chi connectivity index (χ2v) is 4.76. The number of aliphatic carboxylic acids is 1. The van der Waals surface area contributed by atoms with Gasteiger partial charge in [-0.1, -0.05) is 12.1 Å². The molecule has 2 rings (SSSR count). The van der Waals surface area contributed by atoms with Gasteiger partial charge < -0.3 is 15.2 Å². The maximum atomic E-state index is 12.1. The van der Waals surface area contributed by atoms with Crippen LogP contribution >= 0.6 is 0 Å². The molecule has 1 saturated heterocycles. The van der Waals surface area contributed by atoms with Gasteiger partial charge in [-0.3, -0.25) is 4.79 Å². The lowest BCUT2D eigenvalue weighted by atomic mass is 10.0. The highest BCUT2D eigenvalue weighted by molar-refractivity contribution is 5.93. The number of carbonyl (C=O) groups is 2. The summed E-state index contributed by atoms with van der Waals surface area (Å²) >= 11 is 0. The van der Waals surface area contributed by atoms with Gasteiger partial charge in [0, 0.05) is 18.4 Å². The summed E-state index contributed by atoms with van der Waals surface area (Å²) in [4.78, 5) is 22.6. The summed E-state index contributed by atoms with van der Waals surface area (Å²) in [6.07, 6.45) is 3.21. The lowest BCUT2D eigenvalue weighted by Gasteiger charge is -2.14. The van der Waals surface area contributed by atoms with Crippen molar-refractivity contribution < 1.29 is 19.4 Å². The first-order valence-electron chi connectivity index (χ1n) is 6.50. The van der Waals surface area contributed by atoms with E-state index in [0.29, 0.717) is 12.3 Å². The van der Waals surface area contributed by atoms with E-state index in [2.05, 4.69) is 5.32 Å². The van der Waals surface area contributed by atoms with Crippen LogP contribution in [-0.4, -0.2) is 29.7 Å². The van der Waals surface area contributed by atoms with Crippen LogP contribution < -0.4 is 5.32 Å². The van der Waals surface area contributed by atoms with Gasteiger partial charge in [0.05, 0.1) is 12.0 Å². The smallest absolute Gasteiger partial charge is 0.328 e. The van der Waals surface area contributed by atoms with Gasteiger partial charge in [0.2, 0.25) is 5.91 Å². The fraction of sp³-hybridized carbons (Fsp3) is 0.333. The number of carboxylic acid groups (broad SMARTS) is 1. The maximum absolute atomic E-state index is 12.1. The Kier molecular flexibility index (Phi) is 4.53. The largest absolute Gasteiger partial charge is 0.478 e. The molecule has 1 aromatic rings. The quantitative estimate of drug-likeness (QED) is 0.825. The van der Waals surface area contributed by atoms with E-state index >= 15 is 0 Å². The molecular weight excluding hydrogens is 258 g/mol. The summed E-state index contributed by atoms with van der Waals surface area (Å²) in [6.45, 7) is 2.50. The minimum atomic E-state index is -1.00. The van der Waals surface area contributed by atoms with Crippen molar-refractivity contribution in [3.05, 3.63) is 35.9 Å². The van der Waals surface area contributed by atoms with Crippen molar-refractivity contribution in [1.82, 2.24) is 0 Å². The third-order valence-electron chi connectivity index (χ3n) is 3.29. The molecule has 1 heterocycles. The average Bonchev–Trinajstić information content (AvgIpc) is 2.83. The molecule has 5 heteroatoms. The van der Waals surface area contributed by atoms with E-state index in [1.807, 2.05) is 6.92 Å². The Morgan fingerprint density at radius 1 is 1.45 bits per heavy atom. The molecule has 2 unspecified atom stereocenters. The zero-order valence-corrected chi connectivity index (χ0v) is 11.2. The van der Waals surface area contributed by atoms with Crippen molar-refractivity contribution in [1.29, 1.82) is 0 Å². The van der Waals surface area contributed by atoms with Crippen LogP contribution in [0.5, 0.6) is 0 Å². The molecule has 1 fully saturated rings. The fourth-order valence-corrected chi connectivity index (χ4v) is 2.20. The average molecular weight is 275 g/mol. The zero-order valence-electron chi connectivity index (χ0n) is 11.2. The molecule has 0 saturated carbocycles. The highest BCUT2D eigenvalue weighted by Crippen LogP contribution is 2.22. The van der Waals surface area contributed by atoms with Crippen LogP contribution in [-0.2, 0) is 14.3 Å². The maximum Gasteiger partial charge on any atom is 0.328 e. The van der Waals surface area contributed by atoms with Crippen LogP contribution in [0.15, 0.2) is 30.3 Å². The molecule has 0 aliphatic carbocycles. The molecule has 1 aromatic carbocycles. The van der Waals surface area contributed by atoms with Gasteiger partial charge in [-0.25, -0.2) is 4.79 Å². The van der Waals surface area contributed by atoms with Crippen LogP contribution in [0, 0.1) is 5.92 Å². The van der Waals surface area contributed by atoms with Crippen molar-refractivity contribution in [3.8, 4) is 0 Å². The number of nitrogens with one attached hydrogen (secondary N) is 1. The summed E-state index contributed by atoms with van der Waals surface area (Å²) in [5.41, 5.74) is 1.38. The Morgan fingerprint density at radius 2 is 2.25 bits per heavy atom. The molecule has 1 aliphatic rings. The van der Waals surface area contributed by atoms with Gasteiger partial charge in [0.15, 0.2) is 0 Å². The first-order chi connectivity index (χ1) is 9.56. The number of rotatable bonds is 4. The van der Waals surface area contributed by atoms with E-state index < -0.39 is 5.97 Å². The van der Waals surface area contributed by atoms with E-state index in [1.54, 1.807) is 24.3 Å². The normalized spacial score (nSPS) is 22.1. The van der Waals surface area contributed by atoms with Gasteiger partial charge in [-0.05, 0) is 37.1 Å². The standard InChI is InChI=1S/C15H17NO4/c1-10-13(7-8-20-10)15(19)16-12-4-2-3-11(9-12)5-6-14(17)18/h2-6,9-10,13H,7-8H2,1H3,(H,16,19)(H,17,18)/b6-5+. The summed E-state index contributed by atoms with van der Waals surface area (Å²) in [6, 6.07) is 7.05. The van der Waals surface area contributed by atoms with Crippen molar-refractivity contribution in [2.24, 2.45) is 5.92 Å². The number of carboxylic acids is 1. The number of anilines is 1. The molecule has 0 aromatic heterocycles. The Bertz CT molecular complexity index is 538. The molecule has 2 atom stereocenters. The first kappa shape index (κ1) is 14.3. The molecule has 1 aliphatic heterocycles. The Labute approximate surface area is 117 Å². The van der Waals surface area contributed by atoms with Crippen LogP contribution in [0.4, 0.5) is 5.69 Å². The molecule has 0 bridgehead atoms. The highest BCUT2D eigenvalue weighted by atomic mass is 16.5. The Hall–Kier alpha value is -2.14. The SMILES string of the molecule is CC1OCCC1C(=O)Nc1cccc(/C=C/C(=O)O)c1. The number of ether oxygens (including phenoxy) is 1. The number of hydrogen-bond acceptors (Lipinski definition) is 3. The zero-order chi connectivity index (χ0) is 14.5. The van der Waals surface area contributed by atoms with Crippen molar-refractivity contribution in [3.63, 3.8) is 0 Å². The third kappa shape index (κ3) is 3.68. The number of benzene rings is 1. The predicted molar refractivity (Wildman–Crippen MR) is 75.3 cm³/mol. The monoisotopic (exact) mass is 275 g/mol. The van der Waals surface area contributed by atoms with E-state index in [4.69, 9.17) is 9.84 Å². The molecule has 2 N–H and O–H groups in total. The van der Waals surface area contributed by atoms with Crippen LogP contribution in [0.25, 0.3) is 6.08 Å². The van der Waals surface area contributed by atoms with Crippen LogP contribution in [0.2, 0.25) is 0 Å². The minimum absolute atomic E-state index is 0.0608. The van der Waals surface area contributed by atoms with E-state index in [1.165, 1.54) is 6.08 Å². The van der Waals surface area contributed by atoms with Crippen molar-refractivity contribution >= 4 is 23.6 Å². The molecule has 106 valence electrons. The predicted octanol–water partition coefficient (Wildman–Crippen LogP) is 2.15. The van der Waals surface area contributed by atoms with E-state index in [9.17, 15) is 9.59 Å². The second kappa shape index (κ2) is 6.34. The summed E-state index contributed by atoms with van der Waals surface area (Å²) < 4.78 is 5.38. The molecule has 20 heavy (non-hydrogen) atoms. The van der Waals surface area contributed by atoms with Gasteiger partial charge in [-0.15, -0.1) is 0 Å². The van der Waals surface area contributed by atoms with Crippen molar-refractivity contribution in [2.75, 3.05) is 11.9 Å². The number of hydrogen-bond donors (Lipinski definition) is 2. The fourth-order valence-electron chi connectivity index (χ4n) is 2.20. The Morgan fingerprint density at radius 3 is 2.90 bits per heavy atom. The van der Waals surface area contributed by atoms with E-state index in [0.717, 1.165) is 18.1 Å². The van der Waals surface area contributed by atoms with Gasteiger partial charge >= 0.3 is 5.97 Å². The van der Waals surface area contributed by atoms with Gasteiger partial charge in [0.25, 0.3) is 0 Å². The lowest BCUT2D eigenvalue weighted by Crippen LogP contribution is -2.27. The topological polar surface area (TPSA) is 75.6 Å². The summed E-state index contributed by atoms with van der Waals surface area (Å²) in [5, 5.41) is 11.4. The second-order valence-electron chi connectivity index (χ2n) is 4.76. The van der Waals surface area contributed by atoms with Gasteiger partial charge in [0.1, 0.15) is 0 Å². The molecule has 0 spiro atoms. The molecule has 0 radical (unpaired) electrons. The van der Waals surface area contributed by atoms with Crippen LogP contribution in [0.3, 0.4) is 0 Å². The molecular formula is C15H17NO4. The van der Waals surface area contributed by atoms with Gasteiger partial charge in [-0.2, -0.15) is 0 Å². The lowest BCUT2D eigenvalue weighted by molar-refractivity contribution is -0.131.